The number of carbonyl (C=O) groups is 2. The minimum absolute atomic E-state index is 0.0339. The fourth-order valence-electron chi connectivity index (χ4n) is 3.76. The summed E-state index contributed by atoms with van der Waals surface area (Å²) in [4.78, 5) is 43.3. The van der Waals surface area contributed by atoms with Crippen molar-refractivity contribution in [1.82, 2.24) is 14.9 Å². The molecule has 1 atom stereocenters. The number of benzene rings is 1. The zero-order chi connectivity index (χ0) is 20.5. The molecule has 0 radical (unpaired) electrons. The third-order valence-electron chi connectivity index (χ3n) is 5.41. The fraction of sp³-hybridized carbons (Fsp3) is 0.364. The van der Waals surface area contributed by atoms with E-state index in [0.717, 1.165) is 35.2 Å². The number of fused-ring (bicyclic) bond motifs is 3. The van der Waals surface area contributed by atoms with E-state index in [2.05, 4.69) is 17.2 Å². The van der Waals surface area contributed by atoms with Crippen LogP contribution in [0.2, 0.25) is 0 Å². The number of rotatable bonds is 5. The van der Waals surface area contributed by atoms with Gasteiger partial charge < -0.3 is 5.32 Å². The second-order valence-corrected chi connectivity index (χ2v) is 8.82. The van der Waals surface area contributed by atoms with Gasteiger partial charge in [0, 0.05) is 23.9 Å². The van der Waals surface area contributed by atoms with E-state index in [1.165, 1.54) is 22.7 Å². The summed E-state index contributed by atoms with van der Waals surface area (Å²) in [5, 5.41) is 3.42. The number of nitrogens with one attached hydrogen (secondary N) is 1. The highest BCUT2D eigenvalue weighted by molar-refractivity contribution is 7.18. The zero-order valence-corrected chi connectivity index (χ0v) is 17.3. The van der Waals surface area contributed by atoms with Gasteiger partial charge in [-0.3, -0.25) is 19.0 Å². The van der Waals surface area contributed by atoms with Crippen molar-refractivity contribution in [3.8, 4) is 0 Å². The molecule has 150 valence electrons. The van der Waals surface area contributed by atoms with Crippen molar-refractivity contribution in [1.29, 1.82) is 0 Å². The summed E-state index contributed by atoms with van der Waals surface area (Å²) in [6, 6.07) is 7.07. The molecule has 0 spiro atoms. The Hall–Kier alpha value is -2.80. The summed E-state index contributed by atoms with van der Waals surface area (Å²) in [6.45, 7) is 4.09. The van der Waals surface area contributed by atoms with Crippen LogP contribution in [-0.4, -0.2) is 21.2 Å². The molecule has 3 aromatic rings. The average molecular weight is 410 g/mol. The van der Waals surface area contributed by atoms with Gasteiger partial charge in [0.15, 0.2) is 5.78 Å². The molecular weight excluding hydrogens is 386 g/mol. The van der Waals surface area contributed by atoms with E-state index in [4.69, 9.17) is 0 Å². The topological polar surface area (TPSA) is 81.1 Å². The summed E-state index contributed by atoms with van der Waals surface area (Å²) >= 11 is 1.61. The van der Waals surface area contributed by atoms with Crippen molar-refractivity contribution in [3.05, 3.63) is 62.5 Å². The summed E-state index contributed by atoms with van der Waals surface area (Å²) in [5.74, 6) is 0.391. The number of hydrogen-bond acceptors (Lipinski definition) is 5. The first-order chi connectivity index (χ1) is 13.9. The third kappa shape index (κ3) is 4.00. The smallest absolute Gasteiger partial charge is 0.262 e. The molecule has 0 fully saturated rings. The Morgan fingerprint density at radius 2 is 2.03 bits per heavy atom. The van der Waals surface area contributed by atoms with Crippen LogP contribution in [0, 0.1) is 5.92 Å². The number of nitrogens with zero attached hydrogens (tertiary/aromatic N) is 2. The molecule has 0 unspecified atom stereocenters. The molecule has 6 nitrogen and oxygen atoms in total. The quantitative estimate of drug-likeness (QED) is 0.657. The third-order valence-corrected chi connectivity index (χ3v) is 6.58. The molecule has 1 aliphatic rings. The van der Waals surface area contributed by atoms with E-state index in [1.54, 1.807) is 23.5 Å². The molecule has 0 aliphatic heterocycles. The second kappa shape index (κ2) is 7.91. The van der Waals surface area contributed by atoms with Crippen LogP contribution in [0.5, 0.6) is 0 Å². The fourth-order valence-corrected chi connectivity index (χ4v) is 5.10. The molecule has 1 aromatic carbocycles. The normalized spacial score (nSPS) is 15.9. The molecule has 1 N–H and O–H groups in total. The highest BCUT2D eigenvalue weighted by atomic mass is 32.1. The number of thiophene rings is 1. The Morgan fingerprint density at radius 1 is 1.28 bits per heavy atom. The Bertz CT molecular complexity index is 1140. The molecular formula is C22H23N3O3S. The lowest BCUT2D eigenvalue weighted by atomic mass is 9.89. The zero-order valence-electron chi connectivity index (χ0n) is 16.5. The predicted molar refractivity (Wildman–Crippen MR) is 113 cm³/mol. The molecule has 2 heterocycles. The first-order valence-electron chi connectivity index (χ1n) is 9.78. The maximum atomic E-state index is 13.1. The molecule has 7 heteroatoms. The second-order valence-electron chi connectivity index (χ2n) is 7.74. The molecule has 29 heavy (non-hydrogen) atoms. The first kappa shape index (κ1) is 19.5. The van der Waals surface area contributed by atoms with Gasteiger partial charge in [-0.05, 0) is 36.3 Å². The summed E-state index contributed by atoms with van der Waals surface area (Å²) in [5.41, 5.74) is 2.45. The van der Waals surface area contributed by atoms with Crippen LogP contribution < -0.4 is 10.9 Å². The van der Waals surface area contributed by atoms with E-state index >= 15 is 0 Å². The summed E-state index contributed by atoms with van der Waals surface area (Å²) in [6.07, 6.45) is 4.47. The van der Waals surface area contributed by atoms with E-state index in [-0.39, 0.29) is 23.8 Å². The van der Waals surface area contributed by atoms with Gasteiger partial charge in [0.05, 0.1) is 18.3 Å². The standard InChI is InChI=1S/C22H23N3O3S/c1-13-3-8-17-19(9-13)29-21-20(17)22(28)25(12-24-21)11-18(27)16-6-4-15(5-7-16)10-23-14(2)26/h4-7,12-13H,3,8-11H2,1-2H3,(H,23,26)/t13-/m0/s1. The first-order valence-corrected chi connectivity index (χ1v) is 10.6. The number of Topliss-reactive ketones (excluding diaryl/α,β-unsaturated/α-hetero) is 1. The molecule has 2 aromatic heterocycles. The number of ketones is 1. The van der Waals surface area contributed by atoms with Crippen molar-refractivity contribution in [2.24, 2.45) is 5.92 Å². The Morgan fingerprint density at radius 3 is 2.76 bits per heavy atom. The van der Waals surface area contributed by atoms with Crippen LogP contribution >= 0.6 is 11.3 Å². The van der Waals surface area contributed by atoms with Crippen LogP contribution in [0.15, 0.2) is 35.4 Å². The summed E-state index contributed by atoms with van der Waals surface area (Å²) < 4.78 is 1.42. The molecule has 0 bridgehead atoms. The largest absolute Gasteiger partial charge is 0.352 e. The highest BCUT2D eigenvalue weighted by Crippen LogP contribution is 2.35. The van der Waals surface area contributed by atoms with Crippen molar-refractivity contribution in [2.75, 3.05) is 0 Å². The van der Waals surface area contributed by atoms with Crippen molar-refractivity contribution < 1.29 is 9.59 Å². The minimum atomic E-state index is -0.142. The number of carbonyl (C=O) groups excluding carboxylic acids is 2. The van der Waals surface area contributed by atoms with Gasteiger partial charge in [0.1, 0.15) is 4.83 Å². The van der Waals surface area contributed by atoms with Crippen molar-refractivity contribution >= 4 is 33.2 Å². The Balaban J connectivity index is 1.56. The van der Waals surface area contributed by atoms with E-state index in [1.807, 2.05) is 12.1 Å². The Labute approximate surface area is 172 Å². The van der Waals surface area contributed by atoms with Gasteiger partial charge in [-0.15, -0.1) is 11.3 Å². The van der Waals surface area contributed by atoms with Gasteiger partial charge in [-0.1, -0.05) is 31.2 Å². The van der Waals surface area contributed by atoms with E-state index in [9.17, 15) is 14.4 Å². The van der Waals surface area contributed by atoms with Gasteiger partial charge in [-0.25, -0.2) is 4.98 Å². The van der Waals surface area contributed by atoms with E-state index < -0.39 is 0 Å². The SMILES string of the molecule is CC(=O)NCc1ccc(C(=O)Cn2cnc3sc4c(c3c2=O)CC[C@H](C)C4)cc1. The van der Waals surface area contributed by atoms with Gasteiger partial charge in [0.2, 0.25) is 5.91 Å². The highest BCUT2D eigenvalue weighted by Gasteiger charge is 2.23. The Kier molecular flexibility index (Phi) is 5.32. The minimum Gasteiger partial charge on any atom is -0.352 e. The molecule has 0 saturated heterocycles. The van der Waals surface area contributed by atoms with Crippen molar-refractivity contribution in [3.63, 3.8) is 0 Å². The van der Waals surface area contributed by atoms with Gasteiger partial charge in [0.25, 0.3) is 5.56 Å². The lowest BCUT2D eigenvalue weighted by Crippen LogP contribution is -2.25. The molecule has 1 amide bonds. The van der Waals surface area contributed by atoms with Gasteiger partial charge >= 0.3 is 0 Å². The monoisotopic (exact) mass is 409 g/mol. The number of hydrogen-bond donors (Lipinski definition) is 1. The number of aryl methyl sites for hydroxylation is 1. The van der Waals surface area contributed by atoms with Crippen molar-refractivity contribution in [2.45, 2.75) is 46.2 Å². The molecule has 4 rings (SSSR count). The average Bonchev–Trinajstić information content (AvgIpc) is 3.07. The molecule has 1 aliphatic carbocycles. The van der Waals surface area contributed by atoms with Crippen LogP contribution in [0.25, 0.3) is 10.2 Å². The predicted octanol–water partition coefficient (Wildman–Crippen LogP) is 3.10. The maximum absolute atomic E-state index is 13.1. The number of aromatic nitrogens is 2. The lowest BCUT2D eigenvalue weighted by molar-refractivity contribution is -0.119. The van der Waals surface area contributed by atoms with E-state index in [0.29, 0.717) is 23.4 Å². The number of amides is 1. The van der Waals surface area contributed by atoms with Crippen LogP contribution in [0.4, 0.5) is 0 Å². The summed E-state index contributed by atoms with van der Waals surface area (Å²) in [7, 11) is 0. The van der Waals surface area contributed by atoms with Gasteiger partial charge in [-0.2, -0.15) is 0 Å². The van der Waals surface area contributed by atoms with Crippen LogP contribution in [0.3, 0.4) is 0 Å². The lowest BCUT2D eigenvalue weighted by Gasteiger charge is -2.17. The molecule has 0 saturated carbocycles. The van der Waals surface area contributed by atoms with Crippen LogP contribution in [-0.2, 0) is 30.7 Å². The maximum Gasteiger partial charge on any atom is 0.262 e. The van der Waals surface area contributed by atoms with Crippen LogP contribution in [0.1, 0.15) is 46.6 Å².